The highest BCUT2D eigenvalue weighted by molar-refractivity contribution is 5.55. The second-order valence-corrected chi connectivity index (χ2v) is 6.03. The molecule has 0 aliphatic heterocycles. The molecule has 0 atom stereocenters. The third-order valence-corrected chi connectivity index (χ3v) is 4.02. The van der Waals surface area contributed by atoms with Gasteiger partial charge in [-0.15, -0.1) is 0 Å². The molecule has 2 fully saturated rings. The molecular formula is C16H25N3. The Morgan fingerprint density at radius 2 is 2.11 bits per heavy atom. The van der Waals surface area contributed by atoms with Gasteiger partial charge in [-0.05, 0) is 45.1 Å². The number of nitrogens with zero attached hydrogens (tertiary/aromatic N) is 2. The molecular weight excluding hydrogens is 234 g/mol. The summed E-state index contributed by atoms with van der Waals surface area (Å²) < 4.78 is 0. The van der Waals surface area contributed by atoms with Crippen molar-refractivity contribution in [3.63, 3.8) is 0 Å². The summed E-state index contributed by atoms with van der Waals surface area (Å²) in [6, 6.07) is 3.81. The van der Waals surface area contributed by atoms with Crippen LogP contribution in [0.3, 0.4) is 0 Å². The number of rotatable bonds is 7. The van der Waals surface area contributed by atoms with Gasteiger partial charge < -0.3 is 10.2 Å². The summed E-state index contributed by atoms with van der Waals surface area (Å²) in [7, 11) is 0. The summed E-state index contributed by atoms with van der Waals surface area (Å²) in [6.07, 6.45) is 8.69. The van der Waals surface area contributed by atoms with Gasteiger partial charge in [-0.25, -0.2) is 0 Å². The second kappa shape index (κ2) is 5.49. The Hall–Kier alpha value is -1.09. The van der Waals surface area contributed by atoms with E-state index in [1.165, 1.54) is 49.9 Å². The maximum Gasteiger partial charge on any atom is 0.0448 e. The van der Waals surface area contributed by atoms with E-state index in [1.54, 1.807) is 0 Å². The van der Waals surface area contributed by atoms with Crippen LogP contribution in [0, 0.1) is 6.92 Å². The highest BCUT2D eigenvalue weighted by Gasteiger charge is 2.30. The van der Waals surface area contributed by atoms with Crippen LogP contribution in [0.4, 0.5) is 5.69 Å². The highest BCUT2D eigenvalue weighted by Crippen LogP contribution is 2.34. The van der Waals surface area contributed by atoms with E-state index in [1.807, 2.05) is 0 Å². The maximum absolute atomic E-state index is 4.49. The molecule has 0 spiro atoms. The third kappa shape index (κ3) is 3.27. The molecule has 0 unspecified atom stereocenters. The van der Waals surface area contributed by atoms with Crippen LogP contribution in [0.25, 0.3) is 0 Å². The average molecular weight is 259 g/mol. The SMILES string of the molecule is CCCN(c1cc(C)ncc1CNC1CC1)C1CC1. The smallest absolute Gasteiger partial charge is 0.0448 e. The molecule has 1 N–H and O–H groups in total. The van der Waals surface area contributed by atoms with Gasteiger partial charge in [0.1, 0.15) is 0 Å². The van der Waals surface area contributed by atoms with Crippen molar-refractivity contribution in [3.8, 4) is 0 Å². The molecule has 2 aliphatic carbocycles. The molecule has 0 saturated heterocycles. The topological polar surface area (TPSA) is 28.2 Å². The minimum Gasteiger partial charge on any atom is -0.368 e. The molecule has 104 valence electrons. The summed E-state index contributed by atoms with van der Waals surface area (Å²) >= 11 is 0. The Kier molecular flexibility index (Phi) is 3.74. The lowest BCUT2D eigenvalue weighted by molar-refractivity contribution is 0.677. The lowest BCUT2D eigenvalue weighted by atomic mass is 10.1. The zero-order valence-electron chi connectivity index (χ0n) is 12.2. The predicted molar refractivity (Wildman–Crippen MR) is 79.5 cm³/mol. The van der Waals surface area contributed by atoms with E-state index in [4.69, 9.17) is 0 Å². The van der Waals surface area contributed by atoms with E-state index >= 15 is 0 Å². The first-order valence-corrected chi connectivity index (χ1v) is 7.73. The first kappa shape index (κ1) is 12.9. The minimum absolute atomic E-state index is 0.759. The van der Waals surface area contributed by atoms with Crippen LogP contribution in [0.1, 0.15) is 50.3 Å². The third-order valence-electron chi connectivity index (χ3n) is 4.02. The van der Waals surface area contributed by atoms with Crippen molar-refractivity contribution in [1.82, 2.24) is 10.3 Å². The van der Waals surface area contributed by atoms with Gasteiger partial charge in [0.25, 0.3) is 0 Å². The van der Waals surface area contributed by atoms with Crippen molar-refractivity contribution >= 4 is 5.69 Å². The summed E-state index contributed by atoms with van der Waals surface area (Å²) in [4.78, 5) is 7.10. The van der Waals surface area contributed by atoms with Crippen molar-refractivity contribution in [1.29, 1.82) is 0 Å². The van der Waals surface area contributed by atoms with Crippen LogP contribution >= 0.6 is 0 Å². The fourth-order valence-corrected chi connectivity index (χ4v) is 2.65. The van der Waals surface area contributed by atoms with E-state index in [0.717, 1.165) is 24.3 Å². The fraction of sp³-hybridized carbons (Fsp3) is 0.688. The standard InChI is InChI=1S/C16H25N3/c1-3-8-19(15-6-7-15)16-9-12(2)17-10-13(16)11-18-14-4-5-14/h9-10,14-15,18H,3-8,11H2,1-2H3. The van der Waals surface area contributed by atoms with Gasteiger partial charge in [0.15, 0.2) is 0 Å². The van der Waals surface area contributed by atoms with Gasteiger partial charge in [-0.1, -0.05) is 6.92 Å². The first-order valence-electron chi connectivity index (χ1n) is 7.73. The average Bonchev–Trinajstić information content (AvgIpc) is 3.28. The molecule has 3 nitrogen and oxygen atoms in total. The van der Waals surface area contributed by atoms with Crippen molar-refractivity contribution in [2.24, 2.45) is 0 Å². The van der Waals surface area contributed by atoms with E-state index in [9.17, 15) is 0 Å². The van der Waals surface area contributed by atoms with E-state index in [2.05, 4.69) is 41.3 Å². The number of pyridine rings is 1. The van der Waals surface area contributed by atoms with Gasteiger partial charge in [0.2, 0.25) is 0 Å². The number of aromatic nitrogens is 1. The zero-order valence-corrected chi connectivity index (χ0v) is 12.2. The molecule has 19 heavy (non-hydrogen) atoms. The highest BCUT2D eigenvalue weighted by atomic mass is 15.2. The Balaban J connectivity index is 1.80. The quantitative estimate of drug-likeness (QED) is 0.816. The Morgan fingerprint density at radius 1 is 1.32 bits per heavy atom. The van der Waals surface area contributed by atoms with E-state index in [0.29, 0.717) is 0 Å². The molecule has 0 bridgehead atoms. The van der Waals surface area contributed by atoms with Crippen LogP contribution < -0.4 is 10.2 Å². The van der Waals surface area contributed by atoms with Crippen molar-refractivity contribution in [2.45, 2.75) is 64.6 Å². The fourth-order valence-electron chi connectivity index (χ4n) is 2.65. The summed E-state index contributed by atoms with van der Waals surface area (Å²) in [5.41, 5.74) is 3.93. The van der Waals surface area contributed by atoms with Crippen molar-refractivity contribution < 1.29 is 0 Å². The zero-order chi connectivity index (χ0) is 13.2. The number of hydrogen-bond donors (Lipinski definition) is 1. The number of nitrogens with one attached hydrogen (secondary N) is 1. The normalized spacial score (nSPS) is 18.6. The molecule has 0 radical (unpaired) electrons. The Morgan fingerprint density at radius 3 is 2.74 bits per heavy atom. The molecule has 1 aromatic heterocycles. The largest absolute Gasteiger partial charge is 0.368 e. The van der Waals surface area contributed by atoms with Gasteiger partial charge in [-0.3, -0.25) is 4.98 Å². The summed E-state index contributed by atoms with van der Waals surface area (Å²) in [6.45, 7) is 6.51. The molecule has 0 aromatic carbocycles. The molecule has 1 aromatic rings. The van der Waals surface area contributed by atoms with Crippen LogP contribution in [0.5, 0.6) is 0 Å². The molecule has 1 heterocycles. The van der Waals surface area contributed by atoms with Gasteiger partial charge in [-0.2, -0.15) is 0 Å². The monoisotopic (exact) mass is 259 g/mol. The molecule has 3 rings (SSSR count). The number of aryl methyl sites for hydroxylation is 1. The van der Waals surface area contributed by atoms with Gasteiger partial charge in [0.05, 0.1) is 0 Å². The Bertz CT molecular complexity index is 436. The molecule has 2 saturated carbocycles. The maximum atomic E-state index is 4.49. The lowest BCUT2D eigenvalue weighted by Crippen LogP contribution is -2.29. The lowest BCUT2D eigenvalue weighted by Gasteiger charge is -2.27. The summed E-state index contributed by atoms with van der Waals surface area (Å²) in [5, 5.41) is 3.62. The van der Waals surface area contributed by atoms with E-state index in [-0.39, 0.29) is 0 Å². The number of hydrogen-bond acceptors (Lipinski definition) is 3. The van der Waals surface area contributed by atoms with Crippen molar-refractivity contribution in [3.05, 3.63) is 23.5 Å². The summed E-state index contributed by atoms with van der Waals surface area (Å²) in [5.74, 6) is 0. The van der Waals surface area contributed by atoms with Crippen LogP contribution in [-0.4, -0.2) is 23.6 Å². The van der Waals surface area contributed by atoms with Crippen LogP contribution in [-0.2, 0) is 6.54 Å². The van der Waals surface area contributed by atoms with Gasteiger partial charge >= 0.3 is 0 Å². The van der Waals surface area contributed by atoms with Crippen LogP contribution in [0.2, 0.25) is 0 Å². The molecule has 3 heteroatoms. The van der Waals surface area contributed by atoms with Gasteiger partial charge in [0, 0.05) is 48.3 Å². The van der Waals surface area contributed by atoms with Crippen molar-refractivity contribution in [2.75, 3.05) is 11.4 Å². The molecule has 0 amide bonds. The second-order valence-electron chi connectivity index (χ2n) is 6.03. The van der Waals surface area contributed by atoms with Crippen LogP contribution in [0.15, 0.2) is 12.3 Å². The predicted octanol–water partition coefficient (Wildman–Crippen LogP) is 3.02. The minimum atomic E-state index is 0.759. The Labute approximate surface area is 116 Å². The number of anilines is 1. The van der Waals surface area contributed by atoms with E-state index < -0.39 is 0 Å². The molecule has 2 aliphatic rings. The first-order chi connectivity index (χ1) is 9.28.